The lowest BCUT2D eigenvalue weighted by atomic mass is 10.1. The van der Waals surface area contributed by atoms with E-state index in [0.29, 0.717) is 18.6 Å². The molecule has 0 saturated carbocycles. The minimum atomic E-state index is 0.575. The van der Waals surface area contributed by atoms with Crippen molar-refractivity contribution >= 4 is 5.96 Å². The van der Waals surface area contributed by atoms with E-state index < -0.39 is 0 Å². The Balaban J connectivity index is 2.45. The lowest BCUT2D eigenvalue weighted by molar-refractivity contribution is 0.173. The second kappa shape index (κ2) is 11.1. The fourth-order valence-corrected chi connectivity index (χ4v) is 3.11. The van der Waals surface area contributed by atoms with Crippen LogP contribution in [0, 0.1) is 0 Å². The normalized spacial score (nSPS) is 12.5. The van der Waals surface area contributed by atoms with Gasteiger partial charge in [-0.25, -0.2) is 0 Å². The van der Waals surface area contributed by atoms with E-state index in [2.05, 4.69) is 67.2 Å². The Morgan fingerprint density at radius 2 is 1.80 bits per heavy atom. The van der Waals surface area contributed by atoms with E-state index in [-0.39, 0.29) is 0 Å². The number of nitrogens with zero attached hydrogens (tertiary/aromatic N) is 3. The van der Waals surface area contributed by atoms with Gasteiger partial charge in [-0.2, -0.15) is 0 Å². The van der Waals surface area contributed by atoms with Gasteiger partial charge in [-0.15, -0.1) is 0 Å². The first-order chi connectivity index (χ1) is 11.9. The van der Waals surface area contributed by atoms with Gasteiger partial charge in [-0.1, -0.05) is 19.0 Å². The average molecular weight is 352 g/mol. The first-order valence-electron chi connectivity index (χ1n) is 9.61. The number of aryl methyl sites for hydroxylation is 2. The molecular weight excluding hydrogens is 314 g/mol. The van der Waals surface area contributed by atoms with Crippen LogP contribution >= 0.6 is 0 Å². The molecule has 0 atom stereocenters. The maximum Gasteiger partial charge on any atom is 0.191 e. The van der Waals surface area contributed by atoms with Gasteiger partial charge in [0.05, 0.1) is 5.69 Å². The van der Waals surface area contributed by atoms with Crippen molar-refractivity contribution in [2.75, 3.05) is 20.1 Å². The van der Waals surface area contributed by atoms with Crippen LogP contribution < -0.4 is 10.6 Å². The smallest absolute Gasteiger partial charge is 0.191 e. The van der Waals surface area contributed by atoms with E-state index in [0.717, 1.165) is 49.8 Å². The van der Waals surface area contributed by atoms with Gasteiger partial charge in [0.25, 0.3) is 0 Å². The second-order valence-corrected chi connectivity index (χ2v) is 6.87. The fourth-order valence-electron chi connectivity index (χ4n) is 3.11. The molecule has 144 valence electrons. The molecule has 2 N–H and O–H groups in total. The quantitative estimate of drug-likeness (QED) is 0.385. The summed E-state index contributed by atoms with van der Waals surface area (Å²) in [5.41, 5.74) is 2.20. The van der Waals surface area contributed by atoms with Gasteiger partial charge in [0.2, 0.25) is 0 Å². The van der Waals surface area contributed by atoms with Crippen LogP contribution in [0.4, 0.5) is 0 Å². The molecule has 1 heterocycles. The van der Waals surface area contributed by atoms with Crippen molar-refractivity contribution < 1.29 is 4.52 Å². The maximum atomic E-state index is 5.42. The molecule has 0 bridgehead atoms. The van der Waals surface area contributed by atoms with Crippen LogP contribution in [0.15, 0.2) is 9.52 Å². The highest BCUT2D eigenvalue weighted by molar-refractivity contribution is 5.79. The van der Waals surface area contributed by atoms with Crippen LogP contribution in [-0.2, 0) is 19.4 Å². The average Bonchev–Trinajstić information content (AvgIpc) is 2.98. The lowest BCUT2D eigenvalue weighted by Crippen LogP contribution is -2.41. The SMILES string of the molecule is CCc1noc(CC)c1CNC(=NC)NCCCN(C(C)C)C(C)C. The Labute approximate surface area is 153 Å². The van der Waals surface area contributed by atoms with E-state index in [9.17, 15) is 0 Å². The summed E-state index contributed by atoms with van der Waals surface area (Å²) in [6.07, 6.45) is 2.83. The Morgan fingerprint density at radius 1 is 1.12 bits per heavy atom. The highest BCUT2D eigenvalue weighted by atomic mass is 16.5. The van der Waals surface area contributed by atoms with Gasteiger partial charge in [-0.3, -0.25) is 9.89 Å². The molecule has 1 aromatic rings. The first kappa shape index (κ1) is 21.5. The molecule has 6 heteroatoms. The number of rotatable bonds is 10. The zero-order valence-electron chi connectivity index (χ0n) is 17.1. The Bertz CT molecular complexity index is 492. The molecule has 1 aromatic heterocycles. The largest absolute Gasteiger partial charge is 0.361 e. The molecule has 0 fully saturated rings. The van der Waals surface area contributed by atoms with Gasteiger partial charge in [-0.05, 0) is 40.5 Å². The number of aromatic nitrogens is 1. The van der Waals surface area contributed by atoms with Crippen LogP contribution in [0.25, 0.3) is 0 Å². The minimum absolute atomic E-state index is 0.575. The Hall–Kier alpha value is -1.56. The monoisotopic (exact) mass is 351 g/mol. The zero-order chi connectivity index (χ0) is 18.8. The van der Waals surface area contributed by atoms with Crippen molar-refractivity contribution in [3.8, 4) is 0 Å². The molecule has 0 radical (unpaired) electrons. The predicted octanol–water partition coefficient (Wildman–Crippen LogP) is 2.97. The number of hydrogen-bond acceptors (Lipinski definition) is 4. The van der Waals surface area contributed by atoms with Gasteiger partial charge >= 0.3 is 0 Å². The highest BCUT2D eigenvalue weighted by Crippen LogP contribution is 2.15. The number of aliphatic imine (C=N–C) groups is 1. The van der Waals surface area contributed by atoms with Gasteiger partial charge in [0.1, 0.15) is 5.76 Å². The molecule has 0 aliphatic rings. The summed E-state index contributed by atoms with van der Waals surface area (Å²) in [6, 6.07) is 1.15. The van der Waals surface area contributed by atoms with E-state index in [1.54, 1.807) is 7.05 Å². The van der Waals surface area contributed by atoms with E-state index in [4.69, 9.17) is 4.52 Å². The third-order valence-corrected chi connectivity index (χ3v) is 4.48. The van der Waals surface area contributed by atoms with Crippen molar-refractivity contribution in [2.24, 2.45) is 4.99 Å². The molecule has 1 rings (SSSR count). The van der Waals surface area contributed by atoms with Crippen LogP contribution in [0.3, 0.4) is 0 Å². The summed E-state index contributed by atoms with van der Waals surface area (Å²) in [4.78, 5) is 6.83. The number of hydrogen-bond donors (Lipinski definition) is 2. The third kappa shape index (κ3) is 6.69. The van der Waals surface area contributed by atoms with Gasteiger partial charge in [0, 0.05) is 50.7 Å². The predicted molar refractivity (Wildman–Crippen MR) is 105 cm³/mol. The molecular formula is C19H37N5O. The molecule has 0 unspecified atom stereocenters. The Kier molecular flexibility index (Phi) is 9.57. The fraction of sp³-hybridized carbons (Fsp3) is 0.789. The summed E-state index contributed by atoms with van der Waals surface area (Å²) in [5, 5.41) is 10.9. The molecule has 25 heavy (non-hydrogen) atoms. The molecule has 0 aliphatic carbocycles. The van der Waals surface area contributed by atoms with Gasteiger partial charge < -0.3 is 15.2 Å². The Morgan fingerprint density at radius 3 is 2.32 bits per heavy atom. The summed E-state index contributed by atoms with van der Waals surface area (Å²) < 4.78 is 5.42. The highest BCUT2D eigenvalue weighted by Gasteiger charge is 2.14. The van der Waals surface area contributed by atoms with Crippen molar-refractivity contribution in [3.63, 3.8) is 0 Å². The lowest BCUT2D eigenvalue weighted by Gasteiger charge is -2.30. The van der Waals surface area contributed by atoms with Crippen LogP contribution in [-0.4, -0.2) is 48.2 Å². The summed E-state index contributed by atoms with van der Waals surface area (Å²) in [7, 11) is 1.80. The van der Waals surface area contributed by atoms with Crippen molar-refractivity contribution in [1.29, 1.82) is 0 Å². The summed E-state index contributed by atoms with van der Waals surface area (Å²) in [6.45, 7) is 15.9. The van der Waals surface area contributed by atoms with Gasteiger partial charge in [0.15, 0.2) is 5.96 Å². The summed E-state index contributed by atoms with van der Waals surface area (Å²) in [5.74, 6) is 1.79. The molecule has 6 nitrogen and oxygen atoms in total. The molecule has 0 aliphatic heterocycles. The standard InChI is InChI=1S/C19H37N5O/c1-8-17-16(18(9-2)25-23-17)13-22-19(20-7)21-11-10-12-24(14(3)4)15(5)6/h14-15H,8-13H2,1-7H3,(H2,20,21,22). The topological polar surface area (TPSA) is 65.7 Å². The molecule has 0 saturated heterocycles. The van der Waals surface area contributed by atoms with E-state index in [1.807, 2.05) is 0 Å². The zero-order valence-corrected chi connectivity index (χ0v) is 17.1. The molecule has 0 amide bonds. The third-order valence-electron chi connectivity index (χ3n) is 4.48. The van der Waals surface area contributed by atoms with Crippen LogP contribution in [0.2, 0.25) is 0 Å². The van der Waals surface area contributed by atoms with E-state index in [1.165, 1.54) is 5.56 Å². The van der Waals surface area contributed by atoms with Crippen molar-refractivity contribution in [2.45, 2.75) is 79.4 Å². The van der Waals surface area contributed by atoms with Crippen molar-refractivity contribution in [1.82, 2.24) is 20.7 Å². The number of nitrogens with one attached hydrogen (secondary N) is 2. The maximum absolute atomic E-state index is 5.42. The van der Waals surface area contributed by atoms with Crippen LogP contribution in [0.5, 0.6) is 0 Å². The van der Waals surface area contributed by atoms with Crippen LogP contribution in [0.1, 0.15) is 65.0 Å². The molecule has 0 spiro atoms. The minimum Gasteiger partial charge on any atom is -0.361 e. The van der Waals surface area contributed by atoms with Crippen molar-refractivity contribution in [3.05, 3.63) is 17.0 Å². The first-order valence-corrected chi connectivity index (χ1v) is 9.61. The summed E-state index contributed by atoms with van der Waals surface area (Å²) >= 11 is 0. The number of guanidine groups is 1. The molecule has 0 aromatic carbocycles. The second-order valence-electron chi connectivity index (χ2n) is 6.87. The van der Waals surface area contributed by atoms with E-state index >= 15 is 0 Å².